The van der Waals surface area contributed by atoms with Gasteiger partial charge in [0.1, 0.15) is 5.75 Å². The first kappa shape index (κ1) is 11.4. The topological polar surface area (TPSA) is 65.2 Å². The highest BCUT2D eigenvalue weighted by atomic mass is 16.5. The van der Waals surface area contributed by atoms with Crippen molar-refractivity contribution in [2.45, 2.75) is 13.8 Å². The first-order chi connectivity index (χ1) is 8.02. The number of hydrogen-bond donors (Lipinski definition) is 1. The molecule has 1 aromatic heterocycles. The molecular formula is C13H14N2O2. The van der Waals surface area contributed by atoms with Gasteiger partial charge >= 0.3 is 0 Å². The second-order valence-electron chi connectivity index (χ2n) is 4.02. The van der Waals surface area contributed by atoms with E-state index in [0.717, 1.165) is 22.2 Å². The van der Waals surface area contributed by atoms with Crippen LogP contribution in [0.15, 0.2) is 18.2 Å². The molecule has 0 saturated carbocycles. The SMILES string of the molecule is COc1cc(C)nc2c(C)cc(C(N)=O)cc12. The fourth-order valence-corrected chi connectivity index (χ4v) is 1.90. The Bertz CT molecular complexity index is 606. The highest BCUT2D eigenvalue weighted by Gasteiger charge is 2.10. The van der Waals surface area contributed by atoms with E-state index in [4.69, 9.17) is 10.5 Å². The molecule has 0 saturated heterocycles. The summed E-state index contributed by atoms with van der Waals surface area (Å²) >= 11 is 0. The molecule has 0 unspecified atom stereocenters. The van der Waals surface area contributed by atoms with Crippen molar-refractivity contribution in [1.29, 1.82) is 0 Å². The molecule has 4 heteroatoms. The molecule has 0 atom stereocenters. The minimum absolute atomic E-state index is 0.447. The summed E-state index contributed by atoms with van der Waals surface area (Å²) in [6.07, 6.45) is 0. The maximum atomic E-state index is 11.2. The number of aryl methyl sites for hydroxylation is 2. The lowest BCUT2D eigenvalue weighted by Crippen LogP contribution is -2.11. The van der Waals surface area contributed by atoms with Crippen LogP contribution in [0.3, 0.4) is 0 Å². The number of carbonyl (C=O) groups excluding carboxylic acids is 1. The smallest absolute Gasteiger partial charge is 0.248 e. The summed E-state index contributed by atoms with van der Waals surface area (Å²) in [5.74, 6) is 0.260. The summed E-state index contributed by atoms with van der Waals surface area (Å²) in [5.41, 5.74) is 8.40. The van der Waals surface area contributed by atoms with Gasteiger partial charge in [0.25, 0.3) is 0 Å². The number of aromatic nitrogens is 1. The zero-order valence-corrected chi connectivity index (χ0v) is 10.1. The van der Waals surface area contributed by atoms with Gasteiger partial charge in [-0.15, -0.1) is 0 Å². The Morgan fingerprint density at radius 2 is 2.00 bits per heavy atom. The molecule has 0 spiro atoms. The predicted molar refractivity (Wildman–Crippen MR) is 66.3 cm³/mol. The Labute approximate surface area is 99.4 Å². The molecule has 2 aromatic rings. The number of methoxy groups -OCH3 is 1. The van der Waals surface area contributed by atoms with Crippen LogP contribution in [0.4, 0.5) is 0 Å². The summed E-state index contributed by atoms with van der Waals surface area (Å²) in [4.78, 5) is 15.7. The van der Waals surface area contributed by atoms with E-state index in [9.17, 15) is 4.79 Å². The molecule has 1 aromatic carbocycles. The lowest BCUT2D eigenvalue weighted by molar-refractivity contribution is 0.100. The second kappa shape index (κ2) is 4.05. The zero-order valence-electron chi connectivity index (χ0n) is 10.1. The van der Waals surface area contributed by atoms with E-state index in [0.29, 0.717) is 11.3 Å². The molecule has 0 radical (unpaired) electrons. The molecule has 1 amide bonds. The van der Waals surface area contributed by atoms with Gasteiger partial charge in [-0.1, -0.05) is 0 Å². The van der Waals surface area contributed by atoms with E-state index >= 15 is 0 Å². The number of amides is 1. The van der Waals surface area contributed by atoms with Crippen molar-refractivity contribution in [2.24, 2.45) is 5.73 Å². The van der Waals surface area contributed by atoms with E-state index in [1.165, 1.54) is 0 Å². The van der Waals surface area contributed by atoms with E-state index < -0.39 is 5.91 Å². The first-order valence-electron chi connectivity index (χ1n) is 5.28. The van der Waals surface area contributed by atoms with Crippen LogP contribution in [0.1, 0.15) is 21.6 Å². The monoisotopic (exact) mass is 230 g/mol. The predicted octanol–water partition coefficient (Wildman–Crippen LogP) is 1.96. The molecule has 0 aliphatic carbocycles. The second-order valence-corrected chi connectivity index (χ2v) is 4.02. The van der Waals surface area contributed by atoms with Crippen LogP contribution in [0, 0.1) is 13.8 Å². The van der Waals surface area contributed by atoms with Gasteiger partial charge in [-0.25, -0.2) is 0 Å². The number of hydrogen-bond acceptors (Lipinski definition) is 3. The van der Waals surface area contributed by atoms with E-state index in [2.05, 4.69) is 4.98 Å². The van der Waals surface area contributed by atoms with Crippen molar-refractivity contribution in [3.63, 3.8) is 0 Å². The average Bonchev–Trinajstić information content (AvgIpc) is 2.28. The van der Waals surface area contributed by atoms with E-state index in [1.807, 2.05) is 19.9 Å². The van der Waals surface area contributed by atoms with E-state index in [-0.39, 0.29) is 0 Å². The summed E-state index contributed by atoms with van der Waals surface area (Å²) in [6.45, 7) is 3.81. The first-order valence-corrected chi connectivity index (χ1v) is 5.28. The van der Waals surface area contributed by atoms with Crippen LogP contribution >= 0.6 is 0 Å². The number of rotatable bonds is 2. The molecule has 0 aliphatic rings. The molecule has 17 heavy (non-hydrogen) atoms. The number of nitrogens with two attached hydrogens (primary N) is 1. The van der Waals surface area contributed by atoms with Crippen LogP contribution in [0.5, 0.6) is 5.75 Å². The van der Waals surface area contributed by atoms with Gasteiger partial charge in [-0.05, 0) is 31.5 Å². The number of pyridine rings is 1. The third-order valence-electron chi connectivity index (χ3n) is 2.70. The van der Waals surface area contributed by atoms with Gasteiger partial charge in [-0.3, -0.25) is 9.78 Å². The van der Waals surface area contributed by atoms with Crippen molar-refractivity contribution in [1.82, 2.24) is 4.98 Å². The fourth-order valence-electron chi connectivity index (χ4n) is 1.90. The largest absolute Gasteiger partial charge is 0.496 e. The maximum absolute atomic E-state index is 11.2. The standard InChI is InChI=1S/C13H14N2O2/c1-7-4-9(13(14)16)6-10-11(17-3)5-8(2)15-12(7)10/h4-6H,1-3H3,(H2,14,16). The highest BCUT2D eigenvalue weighted by Crippen LogP contribution is 2.28. The molecular weight excluding hydrogens is 216 g/mol. The van der Waals surface area contributed by atoms with Gasteiger partial charge in [0.05, 0.1) is 12.6 Å². The maximum Gasteiger partial charge on any atom is 0.248 e. The van der Waals surface area contributed by atoms with Gasteiger partial charge in [0.15, 0.2) is 0 Å². The summed E-state index contributed by atoms with van der Waals surface area (Å²) < 4.78 is 5.31. The van der Waals surface area contributed by atoms with Crippen molar-refractivity contribution in [2.75, 3.05) is 7.11 Å². The number of fused-ring (bicyclic) bond motifs is 1. The quantitative estimate of drug-likeness (QED) is 0.857. The Hall–Kier alpha value is -2.10. The summed E-state index contributed by atoms with van der Waals surface area (Å²) in [6, 6.07) is 5.30. The third-order valence-corrected chi connectivity index (χ3v) is 2.70. The van der Waals surface area contributed by atoms with Crippen molar-refractivity contribution < 1.29 is 9.53 Å². The average molecular weight is 230 g/mol. The van der Waals surface area contributed by atoms with Crippen LogP contribution in [0.25, 0.3) is 10.9 Å². The van der Waals surface area contributed by atoms with Gasteiger partial charge in [0, 0.05) is 22.7 Å². The molecule has 88 valence electrons. The lowest BCUT2D eigenvalue weighted by Gasteiger charge is -2.09. The third kappa shape index (κ3) is 1.93. The number of benzene rings is 1. The Morgan fingerprint density at radius 1 is 1.29 bits per heavy atom. The van der Waals surface area contributed by atoms with Crippen LogP contribution in [0.2, 0.25) is 0 Å². The lowest BCUT2D eigenvalue weighted by atomic mass is 10.0. The van der Waals surface area contributed by atoms with Crippen molar-refractivity contribution in [3.05, 3.63) is 35.0 Å². The zero-order chi connectivity index (χ0) is 12.6. The number of nitrogens with zero attached hydrogens (tertiary/aromatic N) is 1. The molecule has 4 nitrogen and oxygen atoms in total. The molecule has 2 rings (SSSR count). The van der Waals surface area contributed by atoms with Gasteiger partial charge < -0.3 is 10.5 Å². The Balaban J connectivity index is 2.86. The molecule has 1 heterocycles. The Kier molecular flexibility index (Phi) is 2.71. The molecule has 0 bridgehead atoms. The van der Waals surface area contributed by atoms with Crippen LogP contribution in [-0.2, 0) is 0 Å². The van der Waals surface area contributed by atoms with Crippen LogP contribution < -0.4 is 10.5 Å². The van der Waals surface area contributed by atoms with Crippen LogP contribution in [-0.4, -0.2) is 18.0 Å². The molecule has 2 N–H and O–H groups in total. The van der Waals surface area contributed by atoms with Crippen molar-refractivity contribution >= 4 is 16.8 Å². The summed E-state index contributed by atoms with van der Waals surface area (Å²) in [5, 5.41) is 0.812. The van der Waals surface area contributed by atoms with Crippen molar-refractivity contribution in [3.8, 4) is 5.75 Å². The molecule has 0 fully saturated rings. The van der Waals surface area contributed by atoms with Gasteiger partial charge in [0.2, 0.25) is 5.91 Å². The molecule has 0 aliphatic heterocycles. The van der Waals surface area contributed by atoms with E-state index in [1.54, 1.807) is 19.2 Å². The Morgan fingerprint density at radius 3 is 2.59 bits per heavy atom. The number of primary amides is 1. The highest BCUT2D eigenvalue weighted by molar-refractivity contribution is 5.99. The summed E-state index contributed by atoms with van der Waals surface area (Å²) in [7, 11) is 1.60. The number of carbonyl (C=O) groups is 1. The van der Waals surface area contributed by atoms with Gasteiger partial charge in [-0.2, -0.15) is 0 Å². The minimum Gasteiger partial charge on any atom is -0.496 e. The minimum atomic E-state index is -0.447. The fraction of sp³-hybridized carbons (Fsp3) is 0.231. The normalized spacial score (nSPS) is 10.5. The number of ether oxygens (including phenoxy) is 1.